The van der Waals surface area contributed by atoms with Crippen molar-refractivity contribution in [3.63, 3.8) is 0 Å². The summed E-state index contributed by atoms with van der Waals surface area (Å²) >= 11 is 6.32. The first-order valence-corrected chi connectivity index (χ1v) is 11.1. The van der Waals surface area contributed by atoms with Crippen LogP contribution in [0.25, 0.3) is 0 Å². The third-order valence-electron chi connectivity index (χ3n) is 6.03. The van der Waals surface area contributed by atoms with Gasteiger partial charge in [0.15, 0.2) is 0 Å². The van der Waals surface area contributed by atoms with E-state index in [1.165, 1.54) is 42.1 Å². The number of piperidine rings is 1. The molecule has 0 bridgehead atoms. The highest BCUT2D eigenvalue weighted by Crippen LogP contribution is 2.32. The van der Waals surface area contributed by atoms with E-state index in [2.05, 4.69) is 5.32 Å². The smallest absolute Gasteiger partial charge is 0.271 e. The molecule has 0 spiro atoms. The van der Waals surface area contributed by atoms with Crippen LogP contribution < -0.4 is 10.9 Å². The summed E-state index contributed by atoms with van der Waals surface area (Å²) in [5.41, 5.74) is 0.961. The fraction of sp³-hybridized carbons (Fsp3) is 0.240. The molecule has 0 aliphatic carbocycles. The molecule has 0 atom stereocenters. The number of nitriles is 1. The number of rotatable bonds is 4. The highest BCUT2D eigenvalue weighted by Gasteiger charge is 2.28. The number of nitrogens with one attached hydrogen (secondary N) is 1. The van der Waals surface area contributed by atoms with Crippen molar-refractivity contribution in [2.45, 2.75) is 18.8 Å². The number of anilines is 2. The maximum atomic E-state index is 13.7. The number of hydrogen-bond donors (Lipinski definition) is 1. The van der Waals surface area contributed by atoms with E-state index in [0.29, 0.717) is 31.6 Å². The first-order chi connectivity index (χ1) is 16.3. The molecule has 1 N–H and O–H groups in total. The summed E-state index contributed by atoms with van der Waals surface area (Å²) in [6.07, 6.45) is 2.84. The van der Waals surface area contributed by atoms with Crippen LogP contribution in [0.15, 0.2) is 53.5 Å². The van der Waals surface area contributed by atoms with E-state index in [1.54, 1.807) is 23.1 Å². The van der Waals surface area contributed by atoms with Crippen LogP contribution in [0.3, 0.4) is 0 Å². The third-order valence-corrected chi connectivity index (χ3v) is 6.38. The summed E-state index contributed by atoms with van der Waals surface area (Å²) in [6.45, 7) is 0.964. The Bertz CT molecular complexity index is 1340. The molecule has 4 rings (SSSR count). The molecule has 1 aliphatic heterocycles. The van der Waals surface area contributed by atoms with E-state index in [9.17, 15) is 18.4 Å². The lowest BCUT2D eigenvalue weighted by Crippen LogP contribution is -2.39. The van der Waals surface area contributed by atoms with Gasteiger partial charge in [0.1, 0.15) is 22.7 Å². The second-order valence-electron chi connectivity index (χ2n) is 8.20. The average molecular weight is 483 g/mol. The van der Waals surface area contributed by atoms with Crippen molar-refractivity contribution in [1.29, 1.82) is 5.26 Å². The Morgan fingerprint density at radius 3 is 2.47 bits per heavy atom. The van der Waals surface area contributed by atoms with Gasteiger partial charge in [0.25, 0.3) is 11.5 Å². The summed E-state index contributed by atoms with van der Waals surface area (Å²) in [4.78, 5) is 27.6. The number of amides is 1. The van der Waals surface area contributed by atoms with E-state index in [1.807, 2.05) is 0 Å². The zero-order valence-corrected chi connectivity index (χ0v) is 19.1. The van der Waals surface area contributed by atoms with Gasteiger partial charge in [-0.25, -0.2) is 8.78 Å². The number of likely N-dealkylation sites (tertiary alicyclic amines) is 1. The largest absolute Gasteiger partial charge is 0.353 e. The van der Waals surface area contributed by atoms with Crippen LogP contribution in [0, 0.1) is 23.0 Å². The van der Waals surface area contributed by atoms with Crippen LogP contribution in [0.1, 0.15) is 40.2 Å². The highest BCUT2D eigenvalue weighted by molar-refractivity contribution is 6.34. The third kappa shape index (κ3) is 4.66. The highest BCUT2D eigenvalue weighted by atomic mass is 35.5. The van der Waals surface area contributed by atoms with Gasteiger partial charge in [0.2, 0.25) is 0 Å². The predicted molar refractivity (Wildman–Crippen MR) is 125 cm³/mol. The minimum Gasteiger partial charge on any atom is -0.353 e. The number of carbonyl (C=O) groups excluding carboxylic acids is 1. The van der Waals surface area contributed by atoms with Crippen LogP contribution in [0.5, 0.6) is 0 Å². The Morgan fingerprint density at radius 2 is 1.82 bits per heavy atom. The minimum atomic E-state index is -0.677. The second kappa shape index (κ2) is 9.65. The van der Waals surface area contributed by atoms with Gasteiger partial charge in [0.05, 0.1) is 16.8 Å². The first kappa shape index (κ1) is 23.5. The maximum absolute atomic E-state index is 13.7. The molecule has 6 nitrogen and oxygen atoms in total. The van der Waals surface area contributed by atoms with Crippen LogP contribution in [0.4, 0.5) is 20.2 Å². The van der Waals surface area contributed by atoms with Gasteiger partial charge in [-0.2, -0.15) is 5.26 Å². The van der Waals surface area contributed by atoms with Crippen molar-refractivity contribution in [2.75, 3.05) is 18.4 Å². The monoisotopic (exact) mass is 482 g/mol. The molecule has 9 heteroatoms. The van der Waals surface area contributed by atoms with Crippen molar-refractivity contribution in [1.82, 2.24) is 9.47 Å². The number of benzene rings is 2. The number of nitrogens with zero attached hydrogens (tertiary/aromatic N) is 3. The van der Waals surface area contributed by atoms with E-state index in [-0.39, 0.29) is 39.5 Å². The molecule has 2 heterocycles. The second-order valence-corrected chi connectivity index (χ2v) is 8.58. The van der Waals surface area contributed by atoms with Crippen LogP contribution in [-0.2, 0) is 7.05 Å². The van der Waals surface area contributed by atoms with E-state index in [4.69, 9.17) is 16.9 Å². The van der Waals surface area contributed by atoms with Crippen molar-refractivity contribution in [3.05, 3.63) is 92.4 Å². The van der Waals surface area contributed by atoms with Crippen LogP contribution >= 0.6 is 11.6 Å². The lowest BCUT2D eigenvalue weighted by molar-refractivity contribution is 0.0713. The number of aromatic nitrogens is 1. The molecule has 0 unspecified atom stereocenters. The predicted octanol–water partition coefficient (Wildman–Crippen LogP) is 4.95. The molecule has 3 aromatic rings. The Balaban J connectivity index is 1.60. The molecule has 174 valence electrons. The molecular weight excluding hydrogens is 462 g/mol. The molecule has 34 heavy (non-hydrogen) atoms. The SMILES string of the molecule is Cn1cc(C(=O)N2CCC(c3ccc(F)cc3)CC2)c(Nc2ccc(F)c(C#N)c2)c(Cl)c1=O. The topological polar surface area (TPSA) is 78.1 Å². The molecular formula is C25H21ClF2N4O2. The van der Waals surface area contributed by atoms with E-state index < -0.39 is 11.4 Å². The quantitative estimate of drug-likeness (QED) is 0.570. The van der Waals surface area contributed by atoms with Crippen molar-refractivity contribution < 1.29 is 13.6 Å². The Hall–Kier alpha value is -3.70. The minimum absolute atomic E-state index is 0.103. The molecule has 0 radical (unpaired) electrons. The van der Waals surface area contributed by atoms with Crippen molar-refractivity contribution in [3.8, 4) is 6.07 Å². The van der Waals surface area contributed by atoms with Gasteiger partial charge in [-0.05, 0) is 54.7 Å². The van der Waals surface area contributed by atoms with Gasteiger partial charge in [-0.3, -0.25) is 9.59 Å². The lowest BCUT2D eigenvalue weighted by Gasteiger charge is -2.33. The molecule has 1 aromatic heterocycles. The van der Waals surface area contributed by atoms with E-state index in [0.717, 1.165) is 11.6 Å². The summed E-state index contributed by atoms with van der Waals surface area (Å²) in [6, 6.07) is 12.0. The van der Waals surface area contributed by atoms with Gasteiger partial charge < -0.3 is 14.8 Å². The fourth-order valence-corrected chi connectivity index (χ4v) is 4.42. The number of pyridine rings is 1. The zero-order valence-electron chi connectivity index (χ0n) is 18.3. The number of aryl methyl sites for hydroxylation is 1. The van der Waals surface area contributed by atoms with Gasteiger partial charge in [0, 0.05) is 32.0 Å². The normalized spacial score (nSPS) is 14.0. The average Bonchev–Trinajstić information content (AvgIpc) is 2.85. The molecule has 1 aliphatic rings. The molecule has 1 saturated heterocycles. The standard InChI is InChI=1S/C25H21ClF2N4O2/c1-31-14-20(23(22(26)25(31)34)30-19-6-7-21(28)17(12-19)13-29)24(33)32-10-8-16(9-11-32)15-2-4-18(27)5-3-15/h2-7,12,14,16,30H,8-11H2,1H3. The fourth-order valence-electron chi connectivity index (χ4n) is 4.14. The molecule has 0 saturated carbocycles. The first-order valence-electron chi connectivity index (χ1n) is 10.7. The Labute approximate surface area is 200 Å². The summed E-state index contributed by atoms with van der Waals surface area (Å²) in [5, 5.41) is 11.8. The van der Waals surface area contributed by atoms with Crippen molar-refractivity contribution >= 4 is 28.9 Å². The molecule has 2 aromatic carbocycles. The van der Waals surface area contributed by atoms with Crippen LogP contribution in [-0.4, -0.2) is 28.5 Å². The number of halogens is 3. The molecule has 1 amide bonds. The summed E-state index contributed by atoms with van der Waals surface area (Å²) in [7, 11) is 1.50. The maximum Gasteiger partial charge on any atom is 0.271 e. The Kier molecular flexibility index (Phi) is 6.66. The lowest BCUT2D eigenvalue weighted by atomic mass is 9.89. The summed E-state index contributed by atoms with van der Waals surface area (Å²) < 4.78 is 28.2. The zero-order chi connectivity index (χ0) is 24.4. The van der Waals surface area contributed by atoms with Gasteiger partial charge in [-0.1, -0.05) is 23.7 Å². The van der Waals surface area contributed by atoms with Crippen molar-refractivity contribution in [2.24, 2.45) is 7.05 Å². The Morgan fingerprint density at radius 1 is 1.15 bits per heavy atom. The number of carbonyl (C=O) groups is 1. The van der Waals surface area contributed by atoms with E-state index >= 15 is 0 Å². The summed E-state index contributed by atoms with van der Waals surface area (Å²) in [5.74, 6) is -1.05. The van der Waals surface area contributed by atoms with Crippen LogP contribution in [0.2, 0.25) is 5.02 Å². The molecule has 1 fully saturated rings. The van der Waals surface area contributed by atoms with Gasteiger partial charge in [-0.15, -0.1) is 0 Å². The number of hydrogen-bond acceptors (Lipinski definition) is 4. The van der Waals surface area contributed by atoms with Gasteiger partial charge >= 0.3 is 0 Å².